The summed E-state index contributed by atoms with van der Waals surface area (Å²) in [5.74, 6) is -0.760. The molecule has 1 N–H and O–H groups in total. The zero-order valence-electron chi connectivity index (χ0n) is 73.0. The number of ether oxygens (including phenoxy) is 2. The van der Waals surface area contributed by atoms with Gasteiger partial charge in [0.25, 0.3) is 0 Å². The third-order valence-electron chi connectivity index (χ3n) is 23.1. The first-order valence-electron chi connectivity index (χ1n) is 48.8. The van der Waals surface area contributed by atoms with Crippen molar-refractivity contribution in [3.8, 4) is 0 Å². The Morgan fingerprint density at radius 3 is 0.604 bits per heavy atom. The van der Waals surface area contributed by atoms with Gasteiger partial charge in [0.2, 0.25) is 0 Å². The van der Waals surface area contributed by atoms with E-state index < -0.39 is 26.5 Å². The van der Waals surface area contributed by atoms with E-state index in [-0.39, 0.29) is 25.6 Å². The highest BCUT2D eigenvalue weighted by Crippen LogP contribution is 2.43. The van der Waals surface area contributed by atoms with Gasteiger partial charge in [0, 0.05) is 12.8 Å². The summed E-state index contributed by atoms with van der Waals surface area (Å²) in [6.45, 7) is 4.56. The van der Waals surface area contributed by atoms with Crippen molar-refractivity contribution in [1.29, 1.82) is 0 Å². The zero-order valence-corrected chi connectivity index (χ0v) is 73.9. The molecule has 0 saturated heterocycles. The molecule has 2 atom stereocenters. The number of esters is 2. The van der Waals surface area contributed by atoms with E-state index in [4.69, 9.17) is 18.5 Å². The van der Waals surface area contributed by atoms with E-state index in [0.29, 0.717) is 17.4 Å². The molecule has 0 aromatic carbocycles. The Bertz CT molecular complexity index is 1740. The van der Waals surface area contributed by atoms with Crippen LogP contribution < -0.4 is 0 Å². The summed E-state index contributed by atoms with van der Waals surface area (Å²) in [6.07, 6.45) is 114. The van der Waals surface area contributed by atoms with Crippen LogP contribution in [0.15, 0.2) is 0 Å². The summed E-state index contributed by atoms with van der Waals surface area (Å²) >= 11 is 0. The van der Waals surface area contributed by atoms with E-state index in [1.54, 1.807) is 0 Å². The van der Waals surface area contributed by atoms with Crippen molar-refractivity contribution < 1.29 is 42.1 Å². The number of rotatable bonds is 94. The number of phosphoric ester groups is 1. The van der Waals surface area contributed by atoms with Gasteiger partial charge < -0.3 is 18.9 Å². The Kier molecular flexibility index (Phi) is 87.1. The van der Waals surface area contributed by atoms with E-state index in [0.717, 1.165) is 38.5 Å². The minimum atomic E-state index is -4.39. The number of hydrogen-bond donors (Lipinski definition) is 1. The van der Waals surface area contributed by atoms with E-state index in [1.807, 2.05) is 21.1 Å². The molecule has 0 saturated carbocycles. The van der Waals surface area contributed by atoms with E-state index in [9.17, 15) is 19.0 Å². The molecule has 0 amide bonds. The number of phosphoric acid groups is 1. The van der Waals surface area contributed by atoms with Crippen LogP contribution in [-0.2, 0) is 32.7 Å². The second-order valence-corrected chi connectivity index (χ2v) is 36.6. The van der Waals surface area contributed by atoms with Gasteiger partial charge in [-0.3, -0.25) is 18.6 Å². The Hall–Kier alpha value is -0.990. The summed E-state index contributed by atoms with van der Waals surface area (Å²) < 4.78 is 35.0. The molecule has 10 heteroatoms. The van der Waals surface area contributed by atoms with Crippen LogP contribution in [0.5, 0.6) is 0 Å². The molecule has 0 aliphatic carbocycles. The van der Waals surface area contributed by atoms with Gasteiger partial charge in [-0.2, -0.15) is 0 Å². The minimum absolute atomic E-state index is 0.0380. The van der Waals surface area contributed by atoms with Gasteiger partial charge in [0.05, 0.1) is 27.7 Å². The van der Waals surface area contributed by atoms with Gasteiger partial charge in [0.1, 0.15) is 19.8 Å². The van der Waals surface area contributed by atoms with Crippen LogP contribution in [0, 0.1) is 0 Å². The molecule has 0 heterocycles. The van der Waals surface area contributed by atoms with Crippen LogP contribution in [0.3, 0.4) is 0 Å². The first-order chi connectivity index (χ1) is 52.0. The second kappa shape index (κ2) is 88.0. The Labute approximate surface area is 664 Å². The van der Waals surface area contributed by atoms with Crippen molar-refractivity contribution in [2.45, 2.75) is 559 Å². The number of quaternary nitrogens is 1. The maximum atomic E-state index is 13.0. The summed E-state index contributed by atoms with van der Waals surface area (Å²) in [7, 11) is 1.52. The van der Waals surface area contributed by atoms with Gasteiger partial charge in [-0.1, -0.05) is 528 Å². The second-order valence-electron chi connectivity index (χ2n) is 35.2. The minimum Gasteiger partial charge on any atom is -0.462 e. The predicted molar refractivity (Wildman–Crippen MR) is 465 cm³/mol. The third-order valence-corrected chi connectivity index (χ3v) is 24.1. The molecular formula is C96H193NO8P+. The largest absolute Gasteiger partial charge is 0.472 e. The molecular weight excluding hydrogens is 1330 g/mol. The molecule has 634 valence electrons. The average Bonchev–Trinajstić information content (AvgIpc) is 0.951. The van der Waals surface area contributed by atoms with Crippen LogP contribution in [0.4, 0.5) is 0 Å². The maximum absolute atomic E-state index is 13.0. The van der Waals surface area contributed by atoms with Crippen molar-refractivity contribution in [1.82, 2.24) is 0 Å². The average molecular weight is 1520 g/mol. The highest BCUT2D eigenvalue weighted by atomic mass is 31.2. The molecule has 0 radical (unpaired) electrons. The number of nitrogens with zero attached hydrogens (tertiary/aromatic N) is 1. The third kappa shape index (κ3) is 91.9. The van der Waals surface area contributed by atoms with Crippen LogP contribution in [0.25, 0.3) is 0 Å². The van der Waals surface area contributed by atoms with Crippen LogP contribution in [0.1, 0.15) is 553 Å². The summed E-state index contributed by atoms with van der Waals surface area (Å²) in [4.78, 5) is 36.1. The van der Waals surface area contributed by atoms with Crippen LogP contribution >= 0.6 is 7.82 Å². The first-order valence-corrected chi connectivity index (χ1v) is 50.3. The molecule has 106 heavy (non-hydrogen) atoms. The SMILES string of the molecule is CCCCCCCCCCCCCCCCCCCCCCCCCCCCCCCCCCCCCCCCCCCC(=O)OCC(COP(=O)(O)OCC[N+](C)(C)C)OC(=O)CCCCCCCCCCCCCCCCCCCCCCCCCCCCCCCCCCCCCCCCCCC. The van der Waals surface area contributed by atoms with Gasteiger partial charge in [-0.05, 0) is 12.8 Å². The number of likely N-dealkylation sites (N-methyl/N-ethyl adjacent to an activating group) is 1. The smallest absolute Gasteiger partial charge is 0.462 e. The fraction of sp³-hybridized carbons (Fsp3) is 0.979. The van der Waals surface area contributed by atoms with E-state index >= 15 is 0 Å². The van der Waals surface area contributed by atoms with Crippen molar-refractivity contribution in [3.63, 3.8) is 0 Å². The summed E-state index contributed by atoms with van der Waals surface area (Å²) in [5, 5.41) is 0. The van der Waals surface area contributed by atoms with Gasteiger partial charge >= 0.3 is 19.8 Å². The summed E-state index contributed by atoms with van der Waals surface area (Å²) in [6, 6.07) is 0. The fourth-order valence-corrected chi connectivity index (χ4v) is 16.5. The monoisotopic (exact) mass is 1520 g/mol. The van der Waals surface area contributed by atoms with Gasteiger partial charge in [-0.25, -0.2) is 4.57 Å². The number of hydrogen-bond acceptors (Lipinski definition) is 7. The predicted octanol–water partition coefficient (Wildman–Crippen LogP) is 33.1. The molecule has 0 rings (SSSR count). The molecule has 0 spiro atoms. The first kappa shape index (κ1) is 105. The van der Waals surface area contributed by atoms with Gasteiger partial charge in [0.15, 0.2) is 6.10 Å². The van der Waals surface area contributed by atoms with Gasteiger partial charge in [-0.15, -0.1) is 0 Å². The van der Waals surface area contributed by atoms with Crippen molar-refractivity contribution in [3.05, 3.63) is 0 Å². The van der Waals surface area contributed by atoms with Crippen molar-refractivity contribution in [2.75, 3.05) is 47.5 Å². The highest BCUT2D eigenvalue weighted by molar-refractivity contribution is 7.47. The lowest BCUT2D eigenvalue weighted by atomic mass is 10.0. The number of unbranched alkanes of at least 4 members (excludes halogenated alkanes) is 80. The molecule has 0 aliphatic heterocycles. The van der Waals surface area contributed by atoms with Crippen LogP contribution in [-0.4, -0.2) is 74.9 Å². The molecule has 9 nitrogen and oxygen atoms in total. The Morgan fingerprint density at radius 1 is 0.255 bits per heavy atom. The molecule has 0 aliphatic rings. The molecule has 0 aromatic rings. The van der Waals surface area contributed by atoms with E-state index in [2.05, 4.69) is 13.8 Å². The van der Waals surface area contributed by atoms with Crippen LogP contribution in [0.2, 0.25) is 0 Å². The molecule has 2 unspecified atom stereocenters. The zero-order chi connectivity index (χ0) is 76.8. The van der Waals surface area contributed by atoms with Crippen molar-refractivity contribution >= 4 is 19.8 Å². The lowest BCUT2D eigenvalue weighted by Crippen LogP contribution is -2.37. The topological polar surface area (TPSA) is 108 Å². The highest BCUT2D eigenvalue weighted by Gasteiger charge is 2.27. The normalized spacial score (nSPS) is 12.8. The lowest BCUT2D eigenvalue weighted by Gasteiger charge is -2.24. The quantitative estimate of drug-likeness (QED) is 0.0278. The Balaban J connectivity index is 3.77. The lowest BCUT2D eigenvalue weighted by molar-refractivity contribution is -0.870. The fourth-order valence-electron chi connectivity index (χ4n) is 15.7. The summed E-state index contributed by atoms with van der Waals surface area (Å²) in [5.41, 5.74) is 0. The number of carbonyl (C=O) groups is 2. The van der Waals surface area contributed by atoms with E-state index in [1.165, 1.54) is 488 Å². The standard InChI is InChI=1S/C96H192NO8P/c1-6-8-10-12-14-16-18-20-22-24-26-28-30-32-34-36-38-40-42-44-46-48-50-52-54-56-58-60-62-64-66-68-70-72-74-76-78-80-82-84-86-88-95(98)102-92-94(93-104-106(100,101)103-91-90-97(3,4)5)105-96(99)89-87-85-83-81-79-77-75-73-71-69-67-65-63-61-59-57-55-53-51-49-47-45-43-41-39-37-35-33-31-29-27-25-23-21-19-17-15-13-11-9-7-2/h94H,6-93H2,1-5H3/p+1. The Morgan fingerprint density at radius 2 is 0.425 bits per heavy atom. The number of carbonyl (C=O) groups excluding carboxylic acids is 2. The maximum Gasteiger partial charge on any atom is 0.472 e. The molecule has 0 aromatic heterocycles. The molecule has 0 fully saturated rings. The molecule has 0 bridgehead atoms. The van der Waals surface area contributed by atoms with Crippen molar-refractivity contribution in [2.24, 2.45) is 0 Å².